The average Bonchev–Trinajstić information content (AvgIpc) is 2.57. The summed E-state index contributed by atoms with van der Waals surface area (Å²) >= 11 is 0. The molecule has 122 valence electrons. The molecule has 0 bridgehead atoms. The number of amides is 1. The Bertz CT molecular complexity index is 853. The number of hydrogen-bond donors (Lipinski definition) is 2. The minimum atomic E-state index is -0.914. The first kappa shape index (κ1) is 16.9. The number of nitrogens with one attached hydrogen (secondary N) is 2. The molecule has 0 aliphatic rings. The fourth-order valence-electron chi connectivity index (χ4n) is 1.80. The Kier molecular flexibility index (Phi) is 5.44. The van der Waals surface area contributed by atoms with Crippen LogP contribution in [0, 0.1) is 18.2 Å². The summed E-state index contributed by atoms with van der Waals surface area (Å²) in [6.45, 7) is -0.105. The number of benzene rings is 1. The van der Waals surface area contributed by atoms with Crippen molar-refractivity contribution >= 4 is 11.9 Å². The van der Waals surface area contributed by atoms with E-state index < -0.39 is 23.3 Å². The molecular formula is C16H12FN3O4. The first-order valence-electron chi connectivity index (χ1n) is 6.68. The molecule has 0 saturated carbocycles. The SMILES string of the molecule is C#CCn1c(C(=O)ONNC(=O)c2ccc(F)cc2)cccc1=O. The topological polar surface area (TPSA) is 89.4 Å². The third-order valence-corrected chi connectivity index (χ3v) is 2.92. The summed E-state index contributed by atoms with van der Waals surface area (Å²) in [7, 11) is 0. The van der Waals surface area contributed by atoms with Crippen LogP contribution in [0.4, 0.5) is 4.39 Å². The van der Waals surface area contributed by atoms with E-state index in [-0.39, 0.29) is 17.8 Å². The molecular weight excluding hydrogens is 317 g/mol. The molecule has 0 spiro atoms. The number of nitrogens with zero attached hydrogens (tertiary/aromatic N) is 1. The number of terminal acetylenes is 1. The maximum absolute atomic E-state index is 12.8. The lowest BCUT2D eigenvalue weighted by Crippen LogP contribution is -2.39. The van der Waals surface area contributed by atoms with Crippen molar-refractivity contribution in [2.24, 2.45) is 0 Å². The molecule has 24 heavy (non-hydrogen) atoms. The van der Waals surface area contributed by atoms with E-state index in [1.165, 1.54) is 30.3 Å². The molecule has 0 aliphatic carbocycles. The van der Waals surface area contributed by atoms with E-state index in [0.717, 1.165) is 16.7 Å². The summed E-state index contributed by atoms with van der Waals surface area (Å²) in [5, 5.41) is 0. The van der Waals surface area contributed by atoms with E-state index >= 15 is 0 Å². The van der Waals surface area contributed by atoms with Crippen LogP contribution in [0.2, 0.25) is 0 Å². The van der Waals surface area contributed by atoms with Gasteiger partial charge in [-0.05, 0) is 30.3 Å². The maximum atomic E-state index is 12.8. The van der Waals surface area contributed by atoms with Crippen LogP contribution in [0.5, 0.6) is 0 Å². The van der Waals surface area contributed by atoms with Gasteiger partial charge in [-0.2, -0.15) is 0 Å². The molecule has 2 rings (SSSR count). The van der Waals surface area contributed by atoms with Gasteiger partial charge in [0.15, 0.2) is 0 Å². The Labute approximate surface area is 136 Å². The van der Waals surface area contributed by atoms with Gasteiger partial charge in [0.05, 0.1) is 6.54 Å². The van der Waals surface area contributed by atoms with E-state index in [0.29, 0.717) is 0 Å². The van der Waals surface area contributed by atoms with Crippen LogP contribution in [0.1, 0.15) is 20.8 Å². The quantitative estimate of drug-likeness (QED) is 0.620. The summed E-state index contributed by atoms with van der Waals surface area (Å²) in [6.07, 6.45) is 5.15. The van der Waals surface area contributed by atoms with Crippen molar-refractivity contribution in [2.45, 2.75) is 6.54 Å². The van der Waals surface area contributed by atoms with Gasteiger partial charge in [-0.25, -0.2) is 9.18 Å². The highest BCUT2D eigenvalue weighted by molar-refractivity contribution is 5.94. The van der Waals surface area contributed by atoms with Gasteiger partial charge in [-0.1, -0.05) is 17.6 Å². The van der Waals surface area contributed by atoms with Crippen molar-refractivity contribution in [3.05, 3.63) is 69.9 Å². The van der Waals surface area contributed by atoms with Crippen LogP contribution in [0.15, 0.2) is 47.3 Å². The molecule has 1 aromatic carbocycles. The van der Waals surface area contributed by atoms with E-state index in [2.05, 4.69) is 16.2 Å². The van der Waals surface area contributed by atoms with E-state index in [1.807, 2.05) is 5.59 Å². The molecule has 2 aromatic rings. The Hall–Kier alpha value is -3.44. The van der Waals surface area contributed by atoms with Gasteiger partial charge in [0.1, 0.15) is 11.5 Å². The van der Waals surface area contributed by atoms with Crippen molar-refractivity contribution < 1.29 is 18.8 Å². The summed E-state index contributed by atoms with van der Waals surface area (Å²) in [4.78, 5) is 40.0. The molecule has 1 heterocycles. The van der Waals surface area contributed by atoms with Crippen molar-refractivity contribution in [2.75, 3.05) is 0 Å². The van der Waals surface area contributed by atoms with E-state index in [9.17, 15) is 18.8 Å². The lowest BCUT2D eigenvalue weighted by atomic mass is 10.2. The molecule has 0 atom stereocenters. The van der Waals surface area contributed by atoms with Crippen molar-refractivity contribution in [3.63, 3.8) is 0 Å². The van der Waals surface area contributed by atoms with E-state index in [1.54, 1.807) is 0 Å². The number of hydrogen-bond acceptors (Lipinski definition) is 5. The number of halogens is 1. The number of carbonyl (C=O) groups excluding carboxylic acids is 2. The number of aromatic nitrogens is 1. The Morgan fingerprint density at radius 1 is 1.21 bits per heavy atom. The standard InChI is InChI=1S/C16H12FN3O4/c1-2-10-20-13(4-3-5-14(20)21)16(23)24-19-18-15(22)11-6-8-12(17)9-7-11/h1,3-9,19H,10H2,(H,18,22). The second kappa shape index (κ2) is 7.71. The van der Waals surface area contributed by atoms with Crippen LogP contribution in [0.25, 0.3) is 0 Å². The fourth-order valence-corrected chi connectivity index (χ4v) is 1.80. The van der Waals surface area contributed by atoms with E-state index in [4.69, 9.17) is 6.42 Å². The molecule has 0 fully saturated rings. The largest absolute Gasteiger partial charge is 0.375 e. The molecule has 0 radical (unpaired) electrons. The number of carbonyl (C=O) groups is 2. The second-order valence-corrected chi connectivity index (χ2v) is 4.49. The zero-order valence-electron chi connectivity index (χ0n) is 12.3. The molecule has 0 aliphatic heterocycles. The van der Waals surface area contributed by atoms with Crippen LogP contribution >= 0.6 is 0 Å². The van der Waals surface area contributed by atoms with Gasteiger partial charge in [0.25, 0.3) is 11.5 Å². The Morgan fingerprint density at radius 2 is 1.92 bits per heavy atom. The molecule has 8 heteroatoms. The summed E-state index contributed by atoms with van der Waals surface area (Å²) in [6, 6.07) is 8.73. The highest BCUT2D eigenvalue weighted by atomic mass is 19.1. The van der Waals surface area contributed by atoms with Crippen molar-refractivity contribution in [3.8, 4) is 12.3 Å². The van der Waals surface area contributed by atoms with Crippen molar-refractivity contribution in [1.29, 1.82) is 0 Å². The molecule has 7 nitrogen and oxygen atoms in total. The molecule has 0 unspecified atom stereocenters. The van der Waals surface area contributed by atoms with Gasteiger partial charge >= 0.3 is 5.97 Å². The van der Waals surface area contributed by atoms with Crippen molar-refractivity contribution in [1.82, 2.24) is 15.6 Å². The van der Waals surface area contributed by atoms with Crippen LogP contribution in [-0.2, 0) is 11.4 Å². The third-order valence-electron chi connectivity index (χ3n) is 2.92. The predicted molar refractivity (Wildman–Crippen MR) is 82.0 cm³/mol. The molecule has 1 aromatic heterocycles. The summed E-state index contributed by atoms with van der Waals surface area (Å²) in [5.41, 5.74) is 3.69. The fraction of sp³-hybridized carbons (Fsp3) is 0.0625. The van der Waals surface area contributed by atoms with Gasteiger partial charge in [-0.15, -0.1) is 6.42 Å². The smallest absolute Gasteiger partial charge is 0.345 e. The Morgan fingerprint density at radius 3 is 2.58 bits per heavy atom. The maximum Gasteiger partial charge on any atom is 0.375 e. The number of hydrazine groups is 1. The summed E-state index contributed by atoms with van der Waals surface area (Å²) < 4.78 is 13.8. The highest BCUT2D eigenvalue weighted by Gasteiger charge is 2.14. The lowest BCUT2D eigenvalue weighted by Gasteiger charge is -2.10. The monoisotopic (exact) mass is 329 g/mol. The first-order valence-corrected chi connectivity index (χ1v) is 6.68. The first-order chi connectivity index (χ1) is 11.5. The average molecular weight is 329 g/mol. The third kappa shape index (κ3) is 4.06. The predicted octanol–water partition coefficient (Wildman–Crippen LogP) is 0.627. The van der Waals surface area contributed by atoms with Crippen LogP contribution in [0.3, 0.4) is 0 Å². The zero-order valence-corrected chi connectivity index (χ0v) is 12.3. The van der Waals surface area contributed by atoms with Crippen LogP contribution in [-0.4, -0.2) is 16.4 Å². The number of rotatable bonds is 5. The van der Waals surface area contributed by atoms with Gasteiger partial charge < -0.3 is 4.84 Å². The molecule has 0 saturated heterocycles. The number of pyridine rings is 1. The highest BCUT2D eigenvalue weighted by Crippen LogP contribution is 2.02. The zero-order chi connectivity index (χ0) is 17.5. The molecule has 1 amide bonds. The Balaban J connectivity index is 1.98. The van der Waals surface area contributed by atoms with Crippen LogP contribution < -0.4 is 16.6 Å². The second-order valence-electron chi connectivity index (χ2n) is 4.49. The van der Waals surface area contributed by atoms with Gasteiger partial charge in [0.2, 0.25) is 0 Å². The minimum Gasteiger partial charge on any atom is -0.345 e. The summed E-state index contributed by atoms with van der Waals surface area (Å²) in [5.74, 6) is 0.214. The van der Waals surface area contributed by atoms with Gasteiger partial charge in [0, 0.05) is 11.6 Å². The molecule has 2 N–H and O–H groups in total. The van der Waals surface area contributed by atoms with Gasteiger partial charge in [-0.3, -0.25) is 19.6 Å². The lowest BCUT2D eigenvalue weighted by molar-refractivity contribution is 0.0125. The minimum absolute atomic E-state index is 0.0796. The normalized spacial score (nSPS) is 9.83.